The number of aliphatic carboxylic acids is 1. The number of carbonyl (C=O) groups is 1. The second-order valence-corrected chi connectivity index (χ2v) is 2.56. The Hall–Kier alpha value is 0.132. The van der Waals surface area contributed by atoms with Crippen LogP contribution in [0.1, 0.15) is 20.8 Å². The van der Waals surface area contributed by atoms with Crippen LogP contribution in [-0.2, 0) is 25.2 Å². The molecule has 0 unspecified atom stereocenters. The minimum atomic E-state index is -0.757. The molecule has 8 heavy (non-hydrogen) atoms. The Morgan fingerprint density at radius 1 is 1.38 bits per heavy atom. The van der Waals surface area contributed by atoms with Crippen molar-refractivity contribution in [1.29, 1.82) is 0 Å². The summed E-state index contributed by atoms with van der Waals surface area (Å²) in [5, 5.41) is 8.25. The Morgan fingerprint density at radius 2 is 1.50 bits per heavy atom. The molecule has 0 saturated heterocycles. The van der Waals surface area contributed by atoms with Crippen molar-refractivity contribution >= 4 is 5.97 Å². The van der Waals surface area contributed by atoms with E-state index in [1.807, 2.05) is 0 Å². The molecule has 0 heterocycles. The molecular formula is C5H10O2Pd. The fourth-order valence-corrected chi connectivity index (χ4v) is 0. The van der Waals surface area contributed by atoms with Crippen LogP contribution in [-0.4, -0.2) is 11.1 Å². The van der Waals surface area contributed by atoms with Gasteiger partial charge in [-0.3, -0.25) is 4.79 Å². The molecule has 0 aromatic rings. The second-order valence-electron chi connectivity index (χ2n) is 2.56. The number of carboxylic acid groups (broad SMARTS) is 1. The molecule has 0 spiro atoms. The first-order valence-corrected chi connectivity index (χ1v) is 2.18. The van der Waals surface area contributed by atoms with Gasteiger partial charge in [-0.2, -0.15) is 0 Å². The van der Waals surface area contributed by atoms with Crippen molar-refractivity contribution in [3.05, 3.63) is 0 Å². The molecule has 0 aliphatic heterocycles. The van der Waals surface area contributed by atoms with Crippen molar-refractivity contribution in [3.63, 3.8) is 0 Å². The summed E-state index contributed by atoms with van der Waals surface area (Å²) in [6, 6.07) is 0. The van der Waals surface area contributed by atoms with Crippen LogP contribution in [0.5, 0.6) is 0 Å². The van der Waals surface area contributed by atoms with Gasteiger partial charge in [0.2, 0.25) is 0 Å². The number of rotatable bonds is 0. The van der Waals surface area contributed by atoms with E-state index in [-0.39, 0.29) is 20.4 Å². The average Bonchev–Trinajstić information content (AvgIpc) is 1.31. The summed E-state index contributed by atoms with van der Waals surface area (Å²) >= 11 is 0. The van der Waals surface area contributed by atoms with Gasteiger partial charge in [-0.15, -0.1) is 0 Å². The van der Waals surface area contributed by atoms with E-state index < -0.39 is 11.4 Å². The smallest absolute Gasteiger partial charge is 0.308 e. The Balaban J connectivity index is 0. The van der Waals surface area contributed by atoms with Crippen molar-refractivity contribution in [3.8, 4) is 0 Å². The molecule has 0 saturated carbocycles. The number of hydrogen-bond acceptors (Lipinski definition) is 1. The maximum Gasteiger partial charge on any atom is 0.308 e. The van der Waals surface area contributed by atoms with Gasteiger partial charge in [0.1, 0.15) is 0 Å². The first-order valence-electron chi connectivity index (χ1n) is 2.18. The average molecular weight is 209 g/mol. The van der Waals surface area contributed by atoms with Crippen LogP contribution in [0.4, 0.5) is 0 Å². The SMILES string of the molecule is CC(C)(C)C(=O)O.[Pd]. The molecule has 0 radical (unpaired) electrons. The molecule has 1 N–H and O–H groups in total. The standard InChI is InChI=1S/C5H10O2.Pd/c1-5(2,3)4(6)7;/h1-3H3,(H,6,7);. The minimum Gasteiger partial charge on any atom is -0.481 e. The summed E-state index contributed by atoms with van der Waals surface area (Å²) in [6.45, 7) is 4.99. The third kappa shape index (κ3) is 4.30. The summed E-state index contributed by atoms with van der Waals surface area (Å²) in [6.07, 6.45) is 0. The molecule has 0 amide bonds. The second kappa shape index (κ2) is 3.22. The van der Waals surface area contributed by atoms with Crippen LogP contribution in [0.3, 0.4) is 0 Å². The van der Waals surface area contributed by atoms with Crippen LogP contribution in [0.2, 0.25) is 0 Å². The van der Waals surface area contributed by atoms with Gasteiger partial charge in [-0.1, -0.05) is 0 Å². The number of carboxylic acids is 1. The van der Waals surface area contributed by atoms with Crippen molar-refractivity contribution < 1.29 is 30.3 Å². The summed E-state index contributed by atoms with van der Waals surface area (Å²) < 4.78 is 0. The summed E-state index contributed by atoms with van der Waals surface area (Å²) in [4.78, 5) is 10.0. The van der Waals surface area contributed by atoms with Crippen molar-refractivity contribution in [2.24, 2.45) is 5.41 Å². The third-order valence-electron chi connectivity index (χ3n) is 0.642. The summed E-state index contributed by atoms with van der Waals surface area (Å²) in [7, 11) is 0. The molecule has 2 nitrogen and oxygen atoms in total. The van der Waals surface area contributed by atoms with Gasteiger partial charge in [-0.25, -0.2) is 0 Å². The van der Waals surface area contributed by atoms with E-state index in [0.717, 1.165) is 0 Å². The van der Waals surface area contributed by atoms with E-state index in [1.165, 1.54) is 0 Å². The van der Waals surface area contributed by atoms with Gasteiger partial charge in [0.15, 0.2) is 0 Å². The Morgan fingerprint density at radius 3 is 1.50 bits per heavy atom. The van der Waals surface area contributed by atoms with E-state index in [1.54, 1.807) is 20.8 Å². The van der Waals surface area contributed by atoms with E-state index in [0.29, 0.717) is 0 Å². The largest absolute Gasteiger partial charge is 0.481 e. The van der Waals surface area contributed by atoms with E-state index in [2.05, 4.69) is 0 Å². The predicted molar refractivity (Wildman–Crippen MR) is 27.1 cm³/mol. The van der Waals surface area contributed by atoms with Crippen LogP contribution >= 0.6 is 0 Å². The van der Waals surface area contributed by atoms with Crippen molar-refractivity contribution in [2.45, 2.75) is 20.8 Å². The van der Waals surface area contributed by atoms with Crippen molar-refractivity contribution in [1.82, 2.24) is 0 Å². The number of hydrogen-bond donors (Lipinski definition) is 1. The molecule has 0 bridgehead atoms. The first-order chi connectivity index (χ1) is 2.94. The molecule has 0 fully saturated rings. The van der Waals surface area contributed by atoms with E-state index >= 15 is 0 Å². The van der Waals surface area contributed by atoms with Crippen LogP contribution in [0, 0.1) is 5.41 Å². The zero-order valence-corrected chi connectivity index (χ0v) is 6.73. The molecule has 0 aliphatic carbocycles. The zero-order valence-electron chi connectivity index (χ0n) is 5.17. The quantitative estimate of drug-likeness (QED) is 0.606. The molecule has 0 rings (SSSR count). The molecule has 52 valence electrons. The Labute approximate surface area is 62.9 Å². The van der Waals surface area contributed by atoms with Gasteiger partial charge in [-0.05, 0) is 20.8 Å². The fourth-order valence-electron chi connectivity index (χ4n) is 0. The van der Waals surface area contributed by atoms with Gasteiger partial charge >= 0.3 is 5.97 Å². The molecule has 0 aliphatic rings. The van der Waals surface area contributed by atoms with Crippen LogP contribution in [0.15, 0.2) is 0 Å². The normalized spacial score (nSPS) is 9.88. The third-order valence-corrected chi connectivity index (χ3v) is 0.642. The van der Waals surface area contributed by atoms with Gasteiger partial charge in [0.25, 0.3) is 0 Å². The predicted octanol–water partition coefficient (Wildman–Crippen LogP) is 1.11. The molecule has 0 aromatic carbocycles. The molecule has 0 atom stereocenters. The van der Waals surface area contributed by atoms with E-state index in [9.17, 15) is 4.79 Å². The first kappa shape index (κ1) is 11.0. The van der Waals surface area contributed by atoms with Crippen molar-refractivity contribution in [2.75, 3.05) is 0 Å². The van der Waals surface area contributed by atoms with E-state index in [4.69, 9.17) is 5.11 Å². The van der Waals surface area contributed by atoms with Crippen LogP contribution < -0.4 is 0 Å². The summed E-state index contributed by atoms with van der Waals surface area (Å²) in [5.74, 6) is -0.757. The molecule has 0 aromatic heterocycles. The molecular weight excluding hydrogens is 198 g/mol. The summed E-state index contributed by atoms with van der Waals surface area (Å²) in [5.41, 5.74) is -0.583. The minimum absolute atomic E-state index is 0. The van der Waals surface area contributed by atoms with Crippen LogP contribution in [0.25, 0.3) is 0 Å². The maximum atomic E-state index is 10.0. The fraction of sp³-hybridized carbons (Fsp3) is 0.800. The topological polar surface area (TPSA) is 37.3 Å². The maximum absolute atomic E-state index is 10.0. The van der Waals surface area contributed by atoms with Gasteiger partial charge < -0.3 is 5.11 Å². The van der Waals surface area contributed by atoms with Gasteiger partial charge in [0.05, 0.1) is 5.41 Å². The van der Waals surface area contributed by atoms with Gasteiger partial charge in [0, 0.05) is 20.4 Å². The molecule has 3 heteroatoms. The zero-order chi connectivity index (χ0) is 6.08. The Bertz CT molecular complexity index is 82.9. The Kier molecular flexibility index (Phi) is 4.42. The monoisotopic (exact) mass is 208 g/mol.